The summed E-state index contributed by atoms with van der Waals surface area (Å²) in [6.45, 7) is 1.25. The minimum atomic E-state index is -0.234. The Bertz CT molecular complexity index is 411. The van der Waals surface area contributed by atoms with E-state index in [-0.39, 0.29) is 30.8 Å². The number of carbonyl (C=O) groups is 1. The quantitative estimate of drug-likeness (QED) is 0.788. The summed E-state index contributed by atoms with van der Waals surface area (Å²) >= 11 is 5.78. The van der Waals surface area contributed by atoms with Gasteiger partial charge in [-0.15, -0.1) is 12.4 Å². The van der Waals surface area contributed by atoms with Crippen molar-refractivity contribution < 1.29 is 14.3 Å². The first-order chi connectivity index (χ1) is 9.56. The van der Waals surface area contributed by atoms with Crippen LogP contribution in [0, 0.1) is 0 Å². The zero-order valence-corrected chi connectivity index (χ0v) is 13.8. The van der Waals surface area contributed by atoms with Crippen molar-refractivity contribution in [2.24, 2.45) is 5.73 Å². The van der Waals surface area contributed by atoms with Crippen LogP contribution in [-0.4, -0.2) is 50.8 Å². The fraction of sp³-hybridized carbons (Fsp3) is 0.500. The van der Waals surface area contributed by atoms with Crippen LogP contribution in [0.15, 0.2) is 24.3 Å². The van der Waals surface area contributed by atoms with Gasteiger partial charge in [-0.1, -0.05) is 11.6 Å². The van der Waals surface area contributed by atoms with Crippen LogP contribution in [-0.2, 0) is 9.53 Å². The predicted octanol–water partition coefficient (Wildman–Crippen LogP) is 1.96. The molecule has 21 heavy (non-hydrogen) atoms. The molecule has 0 radical (unpaired) electrons. The first kappa shape index (κ1) is 20.0. The molecule has 0 saturated carbocycles. The van der Waals surface area contributed by atoms with E-state index in [1.807, 2.05) is 0 Å². The van der Waals surface area contributed by atoms with Crippen molar-refractivity contribution in [2.75, 3.05) is 33.9 Å². The molecule has 0 spiro atoms. The third-order valence-corrected chi connectivity index (χ3v) is 3.19. The second-order valence-electron chi connectivity index (χ2n) is 4.42. The topological polar surface area (TPSA) is 64.8 Å². The van der Waals surface area contributed by atoms with Crippen LogP contribution in [0.1, 0.15) is 6.42 Å². The highest BCUT2D eigenvalue weighted by Crippen LogP contribution is 2.15. The fourth-order valence-electron chi connectivity index (χ4n) is 1.57. The minimum Gasteiger partial charge on any atom is -0.492 e. The average Bonchev–Trinajstić information content (AvgIpc) is 2.46. The maximum atomic E-state index is 11.9. The third-order valence-electron chi connectivity index (χ3n) is 2.93. The van der Waals surface area contributed by atoms with E-state index in [4.69, 9.17) is 26.8 Å². The van der Waals surface area contributed by atoms with Crippen molar-refractivity contribution in [3.63, 3.8) is 0 Å². The smallest absolute Gasteiger partial charge is 0.225 e. The lowest BCUT2D eigenvalue weighted by Crippen LogP contribution is -2.35. The van der Waals surface area contributed by atoms with Gasteiger partial charge < -0.3 is 20.1 Å². The fourth-order valence-corrected chi connectivity index (χ4v) is 1.70. The number of rotatable bonds is 8. The van der Waals surface area contributed by atoms with Gasteiger partial charge in [-0.3, -0.25) is 4.79 Å². The summed E-state index contributed by atoms with van der Waals surface area (Å²) in [4.78, 5) is 13.5. The van der Waals surface area contributed by atoms with E-state index >= 15 is 0 Å². The van der Waals surface area contributed by atoms with Gasteiger partial charge >= 0.3 is 0 Å². The number of likely N-dealkylation sites (N-methyl/N-ethyl adjacent to an activating group) is 1. The number of nitrogens with zero attached hydrogens (tertiary/aromatic N) is 1. The Labute approximate surface area is 136 Å². The summed E-state index contributed by atoms with van der Waals surface area (Å²) in [5.74, 6) is 0.717. The van der Waals surface area contributed by atoms with Crippen LogP contribution in [0.4, 0.5) is 0 Å². The lowest BCUT2D eigenvalue weighted by molar-refractivity contribution is -0.132. The summed E-state index contributed by atoms with van der Waals surface area (Å²) in [5, 5.41) is 0.664. The number of methoxy groups -OCH3 is 1. The molecule has 1 aromatic rings. The van der Waals surface area contributed by atoms with E-state index in [2.05, 4.69) is 0 Å². The van der Waals surface area contributed by atoms with Crippen molar-refractivity contribution in [3.05, 3.63) is 29.3 Å². The highest BCUT2D eigenvalue weighted by molar-refractivity contribution is 6.30. The van der Waals surface area contributed by atoms with Crippen molar-refractivity contribution in [3.8, 4) is 5.75 Å². The van der Waals surface area contributed by atoms with Gasteiger partial charge in [0.1, 0.15) is 12.4 Å². The van der Waals surface area contributed by atoms with E-state index in [1.54, 1.807) is 43.3 Å². The number of benzene rings is 1. The van der Waals surface area contributed by atoms with Crippen molar-refractivity contribution >= 4 is 29.9 Å². The number of carbonyl (C=O) groups excluding carboxylic acids is 1. The highest BCUT2D eigenvalue weighted by Gasteiger charge is 2.15. The van der Waals surface area contributed by atoms with Gasteiger partial charge in [-0.2, -0.15) is 0 Å². The minimum absolute atomic E-state index is 0. The molecule has 1 rings (SSSR count). The average molecular weight is 337 g/mol. The van der Waals surface area contributed by atoms with Gasteiger partial charge in [0.05, 0.1) is 19.1 Å². The van der Waals surface area contributed by atoms with Gasteiger partial charge in [0.25, 0.3) is 0 Å². The second kappa shape index (κ2) is 10.7. The molecular weight excluding hydrogens is 315 g/mol. The van der Waals surface area contributed by atoms with E-state index in [1.165, 1.54) is 0 Å². The maximum Gasteiger partial charge on any atom is 0.225 e. The van der Waals surface area contributed by atoms with Gasteiger partial charge in [0.2, 0.25) is 5.91 Å². The van der Waals surface area contributed by atoms with Gasteiger partial charge in [0.15, 0.2) is 0 Å². The lowest BCUT2D eigenvalue weighted by Gasteiger charge is -2.20. The van der Waals surface area contributed by atoms with Crippen molar-refractivity contribution in [1.82, 2.24) is 4.90 Å². The largest absolute Gasteiger partial charge is 0.492 e. The van der Waals surface area contributed by atoms with E-state index in [0.717, 1.165) is 5.75 Å². The maximum absolute atomic E-state index is 11.9. The number of halogens is 2. The van der Waals surface area contributed by atoms with Crippen molar-refractivity contribution in [1.29, 1.82) is 0 Å². The molecule has 1 amide bonds. The Morgan fingerprint density at radius 3 is 2.52 bits per heavy atom. The van der Waals surface area contributed by atoms with Crippen LogP contribution in [0.3, 0.4) is 0 Å². The van der Waals surface area contributed by atoms with Crippen LogP contribution >= 0.6 is 24.0 Å². The zero-order chi connectivity index (χ0) is 15.0. The second-order valence-corrected chi connectivity index (χ2v) is 4.85. The molecule has 120 valence electrons. The predicted molar refractivity (Wildman–Crippen MR) is 86.3 cm³/mol. The Morgan fingerprint density at radius 2 is 2.00 bits per heavy atom. The molecule has 5 nitrogen and oxygen atoms in total. The number of nitrogens with two attached hydrogens (primary N) is 1. The molecule has 0 saturated heterocycles. The number of amides is 1. The summed E-state index contributed by atoms with van der Waals surface area (Å²) in [5.41, 5.74) is 5.49. The van der Waals surface area contributed by atoms with Crippen LogP contribution < -0.4 is 10.5 Å². The van der Waals surface area contributed by atoms with Gasteiger partial charge in [-0.05, 0) is 24.3 Å². The van der Waals surface area contributed by atoms with Crippen LogP contribution in [0.5, 0.6) is 5.75 Å². The molecule has 0 heterocycles. The molecule has 0 bridgehead atoms. The molecule has 1 aromatic carbocycles. The normalized spacial score (nSPS) is 11.4. The van der Waals surface area contributed by atoms with E-state index in [0.29, 0.717) is 24.7 Å². The van der Waals surface area contributed by atoms with Gasteiger partial charge in [0, 0.05) is 25.7 Å². The molecule has 1 atom stereocenters. The molecule has 0 fully saturated rings. The molecule has 0 aliphatic heterocycles. The van der Waals surface area contributed by atoms with Crippen molar-refractivity contribution in [2.45, 2.75) is 12.5 Å². The summed E-state index contributed by atoms with van der Waals surface area (Å²) in [6, 6.07) is 7.10. The number of hydrogen-bond donors (Lipinski definition) is 1. The SMILES string of the molecule is COC(CN)CC(=O)N(C)CCOc1ccc(Cl)cc1.Cl. The van der Waals surface area contributed by atoms with Gasteiger partial charge in [-0.25, -0.2) is 0 Å². The summed E-state index contributed by atoms with van der Waals surface area (Å²) in [6.07, 6.45) is 0.0481. The third kappa shape index (κ3) is 7.52. The Balaban J connectivity index is 0.00000400. The molecule has 0 aliphatic carbocycles. The number of hydrogen-bond acceptors (Lipinski definition) is 4. The monoisotopic (exact) mass is 336 g/mol. The highest BCUT2D eigenvalue weighted by atomic mass is 35.5. The number of ether oxygens (including phenoxy) is 2. The van der Waals surface area contributed by atoms with Crippen LogP contribution in [0.25, 0.3) is 0 Å². The molecular formula is C14H22Cl2N2O3. The lowest BCUT2D eigenvalue weighted by atomic mass is 10.2. The van der Waals surface area contributed by atoms with Crippen LogP contribution in [0.2, 0.25) is 5.02 Å². The molecule has 1 unspecified atom stereocenters. The Kier molecular flexibility index (Phi) is 10.2. The summed E-state index contributed by atoms with van der Waals surface area (Å²) in [7, 11) is 3.28. The molecule has 0 aliphatic rings. The molecule has 2 N–H and O–H groups in total. The zero-order valence-electron chi connectivity index (χ0n) is 12.3. The Hall–Kier alpha value is -1.01. The molecule has 7 heteroatoms. The standard InChI is InChI=1S/C14H21ClN2O3.ClH/c1-17(14(18)9-13(10-16)19-2)7-8-20-12-5-3-11(15)4-6-12;/h3-6,13H,7-10,16H2,1-2H3;1H. The first-order valence-electron chi connectivity index (χ1n) is 6.42. The Morgan fingerprint density at radius 1 is 1.38 bits per heavy atom. The summed E-state index contributed by atoms with van der Waals surface area (Å²) < 4.78 is 10.6. The van der Waals surface area contributed by atoms with E-state index < -0.39 is 0 Å². The van der Waals surface area contributed by atoms with E-state index in [9.17, 15) is 4.79 Å². The molecule has 0 aromatic heterocycles. The first-order valence-corrected chi connectivity index (χ1v) is 6.79.